The number of anilines is 2. The average Bonchev–Trinajstić information content (AvgIpc) is 2.76. The SMILES string of the molecule is CC[C@@H](N)c1cnc(OC)c2cnc(Nc3ccc4c(n3)[C@@H](C)[C@H](C)OC4=O)cc12. The van der Waals surface area contributed by atoms with E-state index in [-0.39, 0.29) is 24.0 Å². The van der Waals surface area contributed by atoms with Gasteiger partial charge in [0.15, 0.2) is 0 Å². The number of pyridine rings is 3. The molecule has 3 aromatic rings. The van der Waals surface area contributed by atoms with Crippen molar-refractivity contribution in [2.45, 2.75) is 45.3 Å². The maximum atomic E-state index is 12.1. The number of nitrogens with two attached hydrogens (primary N) is 1. The Kier molecular flexibility index (Phi) is 5.26. The van der Waals surface area contributed by atoms with E-state index in [1.807, 2.05) is 26.8 Å². The van der Waals surface area contributed by atoms with Crippen LogP contribution in [0.2, 0.25) is 0 Å². The van der Waals surface area contributed by atoms with Crippen molar-refractivity contribution in [3.63, 3.8) is 0 Å². The predicted octanol–water partition coefficient (Wildman–Crippen LogP) is 3.85. The number of rotatable bonds is 5. The Labute approximate surface area is 174 Å². The molecule has 4 rings (SSSR count). The van der Waals surface area contributed by atoms with Gasteiger partial charge in [-0.3, -0.25) is 0 Å². The summed E-state index contributed by atoms with van der Waals surface area (Å²) in [7, 11) is 1.58. The van der Waals surface area contributed by atoms with Crippen LogP contribution in [0.25, 0.3) is 10.8 Å². The molecule has 3 aromatic heterocycles. The summed E-state index contributed by atoms with van der Waals surface area (Å²) in [6.45, 7) is 5.90. The largest absolute Gasteiger partial charge is 0.481 e. The van der Waals surface area contributed by atoms with E-state index in [1.54, 1.807) is 31.6 Å². The van der Waals surface area contributed by atoms with E-state index in [4.69, 9.17) is 15.2 Å². The number of esters is 1. The van der Waals surface area contributed by atoms with Gasteiger partial charge in [0.05, 0.1) is 23.8 Å². The number of aromatic nitrogens is 3. The zero-order valence-electron chi connectivity index (χ0n) is 17.5. The third kappa shape index (κ3) is 3.43. The van der Waals surface area contributed by atoms with Crippen molar-refractivity contribution in [2.24, 2.45) is 5.73 Å². The number of methoxy groups -OCH3 is 1. The molecule has 30 heavy (non-hydrogen) atoms. The molecule has 0 aliphatic carbocycles. The first-order valence-electron chi connectivity index (χ1n) is 10.00. The number of carbonyl (C=O) groups is 1. The highest BCUT2D eigenvalue weighted by molar-refractivity contribution is 5.93. The van der Waals surface area contributed by atoms with E-state index in [0.717, 1.165) is 28.5 Å². The van der Waals surface area contributed by atoms with Crippen LogP contribution in [0.15, 0.2) is 30.6 Å². The molecule has 0 aromatic carbocycles. The summed E-state index contributed by atoms with van der Waals surface area (Å²) in [4.78, 5) is 25.6. The molecule has 0 amide bonds. The summed E-state index contributed by atoms with van der Waals surface area (Å²) < 4.78 is 10.7. The number of cyclic esters (lactones) is 1. The zero-order chi connectivity index (χ0) is 21.4. The molecule has 1 aliphatic heterocycles. The zero-order valence-corrected chi connectivity index (χ0v) is 17.5. The highest BCUT2D eigenvalue weighted by Crippen LogP contribution is 2.33. The molecule has 1 aliphatic rings. The predicted molar refractivity (Wildman–Crippen MR) is 114 cm³/mol. The molecule has 3 N–H and O–H groups in total. The standard InChI is InChI=1S/C22H25N5O3/c1-5-17(23)15-9-25-21(29-4)16-10-24-19(8-14(15)16)26-18-7-6-13-20(27-18)11(2)12(3)30-22(13)28/h6-12,17H,5,23H2,1-4H3,(H,24,26,27)/t11-,12-,17+/m0/s1. The summed E-state index contributed by atoms with van der Waals surface area (Å²) in [5, 5.41) is 4.97. The number of carbonyl (C=O) groups excluding carboxylic acids is 1. The molecule has 4 heterocycles. The van der Waals surface area contributed by atoms with Crippen molar-refractivity contribution in [3.8, 4) is 5.88 Å². The van der Waals surface area contributed by atoms with E-state index in [2.05, 4.69) is 20.3 Å². The Morgan fingerprint density at radius 2 is 2.00 bits per heavy atom. The fourth-order valence-electron chi connectivity index (χ4n) is 3.63. The molecule has 0 spiro atoms. The second-order valence-electron chi connectivity index (χ2n) is 7.51. The van der Waals surface area contributed by atoms with Gasteiger partial charge in [-0.25, -0.2) is 19.7 Å². The van der Waals surface area contributed by atoms with Crippen LogP contribution in [-0.4, -0.2) is 34.1 Å². The summed E-state index contributed by atoms with van der Waals surface area (Å²) in [6.07, 6.45) is 4.04. The van der Waals surface area contributed by atoms with Crippen LogP contribution in [-0.2, 0) is 4.74 Å². The summed E-state index contributed by atoms with van der Waals surface area (Å²) in [5.74, 6) is 1.40. The highest BCUT2D eigenvalue weighted by atomic mass is 16.5. The maximum absolute atomic E-state index is 12.1. The molecule has 156 valence electrons. The minimum absolute atomic E-state index is 0.00787. The van der Waals surface area contributed by atoms with E-state index < -0.39 is 0 Å². The van der Waals surface area contributed by atoms with E-state index in [1.165, 1.54) is 0 Å². The third-order valence-electron chi connectivity index (χ3n) is 5.63. The van der Waals surface area contributed by atoms with Gasteiger partial charge < -0.3 is 20.5 Å². The molecular weight excluding hydrogens is 382 g/mol. The van der Waals surface area contributed by atoms with Crippen molar-refractivity contribution in [3.05, 3.63) is 47.4 Å². The Balaban J connectivity index is 1.73. The van der Waals surface area contributed by atoms with Gasteiger partial charge >= 0.3 is 5.97 Å². The normalized spacial score (nSPS) is 19.2. The van der Waals surface area contributed by atoms with Crippen molar-refractivity contribution in [1.82, 2.24) is 15.0 Å². The van der Waals surface area contributed by atoms with Crippen LogP contribution < -0.4 is 15.8 Å². The van der Waals surface area contributed by atoms with Crippen molar-refractivity contribution in [1.29, 1.82) is 0 Å². The maximum Gasteiger partial charge on any atom is 0.340 e. The van der Waals surface area contributed by atoms with Gasteiger partial charge in [-0.05, 0) is 42.5 Å². The number of ether oxygens (including phenoxy) is 2. The van der Waals surface area contributed by atoms with Gasteiger partial charge in [-0.15, -0.1) is 0 Å². The first-order chi connectivity index (χ1) is 14.4. The van der Waals surface area contributed by atoms with Crippen LogP contribution in [0.1, 0.15) is 60.8 Å². The Hall–Kier alpha value is -3.26. The quantitative estimate of drug-likeness (QED) is 0.613. The van der Waals surface area contributed by atoms with Gasteiger partial charge in [0, 0.05) is 24.4 Å². The molecular formula is C22H25N5O3. The first kappa shape index (κ1) is 20.0. The monoisotopic (exact) mass is 407 g/mol. The van der Waals surface area contributed by atoms with Gasteiger partial charge in [-0.1, -0.05) is 13.8 Å². The molecule has 0 saturated carbocycles. The smallest absolute Gasteiger partial charge is 0.340 e. The summed E-state index contributed by atoms with van der Waals surface area (Å²) in [6, 6.07) is 5.27. The molecule has 0 unspecified atom stereocenters. The molecule has 8 heteroatoms. The summed E-state index contributed by atoms with van der Waals surface area (Å²) >= 11 is 0. The lowest BCUT2D eigenvalue weighted by molar-refractivity contribution is 0.0235. The van der Waals surface area contributed by atoms with Gasteiger partial charge in [0.1, 0.15) is 17.7 Å². The lowest BCUT2D eigenvalue weighted by Gasteiger charge is -2.27. The lowest BCUT2D eigenvalue weighted by Crippen LogP contribution is -2.29. The highest BCUT2D eigenvalue weighted by Gasteiger charge is 2.31. The molecule has 8 nitrogen and oxygen atoms in total. The molecule has 0 fully saturated rings. The second-order valence-corrected chi connectivity index (χ2v) is 7.51. The van der Waals surface area contributed by atoms with Crippen LogP contribution in [0.3, 0.4) is 0 Å². The molecule has 0 saturated heterocycles. The van der Waals surface area contributed by atoms with Crippen LogP contribution in [0.4, 0.5) is 11.6 Å². The molecule has 3 atom stereocenters. The fourth-order valence-corrected chi connectivity index (χ4v) is 3.63. The van der Waals surface area contributed by atoms with Gasteiger partial charge in [0.2, 0.25) is 5.88 Å². The molecule has 0 radical (unpaired) electrons. The van der Waals surface area contributed by atoms with Crippen LogP contribution in [0, 0.1) is 0 Å². The Morgan fingerprint density at radius 1 is 1.20 bits per heavy atom. The number of nitrogens with zero attached hydrogens (tertiary/aromatic N) is 3. The Morgan fingerprint density at radius 3 is 2.73 bits per heavy atom. The van der Waals surface area contributed by atoms with Gasteiger partial charge in [0.25, 0.3) is 0 Å². The number of nitrogens with one attached hydrogen (secondary N) is 1. The van der Waals surface area contributed by atoms with Gasteiger partial charge in [-0.2, -0.15) is 0 Å². The summed E-state index contributed by atoms with van der Waals surface area (Å²) in [5.41, 5.74) is 8.46. The average molecular weight is 407 g/mol. The Bertz CT molecular complexity index is 1120. The lowest BCUT2D eigenvalue weighted by atomic mass is 9.94. The van der Waals surface area contributed by atoms with Crippen molar-refractivity contribution in [2.75, 3.05) is 12.4 Å². The number of hydrogen-bond donors (Lipinski definition) is 2. The van der Waals surface area contributed by atoms with E-state index in [9.17, 15) is 4.79 Å². The van der Waals surface area contributed by atoms with Crippen molar-refractivity contribution >= 4 is 28.4 Å². The minimum Gasteiger partial charge on any atom is -0.481 e. The minimum atomic E-state index is -0.337. The first-order valence-corrected chi connectivity index (χ1v) is 10.00. The topological polar surface area (TPSA) is 112 Å². The van der Waals surface area contributed by atoms with Crippen LogP contribution >= 0.6 is 0 Å². The van der Waals surface area contributed by atoms with Crippen LogP contribution in [0.5, 0.6) is 5.88 Å². The van der Waals surface area contributed by atoms with E-state index >= 15 is 0 Å². The molecule has 0 bridgehead atoms. The number of fused-ring (bicyclic) bond motifs is 2. The fraction of sp³-hybridized carbons (Fsp3) is 0.364. The van der Waals surface area contributed by atoms with Crippen molar-refractivity contribution < 1.29 is 14.3 Å². The number of hydrogen-bond acceptors (Lipinski definition) is 8. The second kappa shape index (κ2) is 7.87. The third-order valence-corrected chi connectivity index (χ3v) is 5.63. The van der Waals surface area contributed by atoms with E-state index in [0.29, 0.717) is 23.1 Å².